The second-order valence-electron chi connectivity index (χ2n) is 5.08. The van der Waals surface area contributed by atoms with Crippen LogP contribution >= 0.6 is 0 Å². The molecule has 3 nitrogen and oxygen atoms in total. The molecule has 0 bridgehead atoms. The van der Waals surface area contributed by atoms with Crippen molar-refractivity contribution in [1.29, 1.82) is 5.41 Å². The first-order valence-corrected chi connectivity index (χ1v) is 7.32. The number of nitrogens with zero attached hydrogens (tertiary/aromatic N) is 2. The molecule has 0 atom stereocenters. The lowest BCUT2D eigenvalue weighted by atomic mass is 10.2. The van der Waals surface area contributed by atoms with Crippen LogP contribution in [0.2, 0.25) is 0 Å². The molecule has 0 radical (unpaired) electrons. The lowest BCUT2D eigenvalue weighted by Crippen LogP contribution is -2.25. The van der Waals surface area contributed by atoms with Crippen LogP contribution in [0.1, 0.15) is 12.6 Å². The number of hydrogen-bond acceptors (Lipinski definition) is 3. The van der Waals surface area contributed by atoms with E-state index >= 15 is 0 Å². The largest absolute Gasteiger partial charge is 0.362 e. The van der Waals surface area contributed by atoms with Gasteiger partial charge in [-0.3, -0.25) is 4.98 Å². The minimum Gasteiger partial charge on any atom is -0.362 e. The van der Waals surface area contributed by atoms with Crippen molar-refractivity contribution in [3.05, 3.63) is 84.2 Å². The van der Waals surface area contributed by atoms with E-state index < -0.39 is 0 Å². The number of anilines is 1. The highest BCUT2D eigenvalue weighted by atomic mass is 15.1. The predicted octanol–water partition coefficient (Wildman–Crippen LogP) is 4.24. The topological polar surface area (TPSA) is 40.0 Å². The Kier molecular flexibility index (Phi) is 6.12. The van der Waals surface area contributed by atoms with Crippen LogP contribution in [0.25, 0.3) is 0 Å². The highest BCUT2D eigenvalue weighted by Crippen LogP contribution is 2.17. The van der Waals surface area contributed by atoms with Crippen molar-refractivity contribution in [2.45, 2.75) is 13.5 Å². The molecule has 0 unspecified atom stereocenters. The third-order valence-electron chi connectivity index (χ3n) is 3.23. The summed E-state index contributed by atoms with van der Waals surface area (Å²) in [6.07, 6.45) is 8.77. The number of nitrogens with one attached hydrogen (secondary N) is 1. The molecule has 0 saturated heterocycles. The zero-order valence-corrected chi connectivity index (χ0v) is 12.8. The summed E-state index contributed by atoms with van der Waals surface area (Å²) in [4.78, 5) is 6.72. The average Bonchev–Trinajstić information content (AvgIpc) is 2.56. The predicted molar refractivity (Wildman–Crippen MR) is 93.4 cm³/mol. The van der Waals surface area contributed by atoms with Crippen molar-refractivity contribution in [3.8, 4) is 0 Å². The fourth-order valence-corrected chi connectivity index (χ4v) is 2.19. The second kappa shape index (κ2) is 8.57. The molecule has 0 aliphatic carbocycles. The maximum Gasteiger partial charge on any atom is 0.0605 e. The number of aromatic nitrogens is 1. The van der Waals surface area contributed by atoms with Gasteiger partial charge in [0, 0.05) is 24.6 Å². The quantitative estimate of drug-likeness (QED) is 0.612. The van der Waals surface area contributed by atoms with Gasteiger partial charge in [0.05, 0.1) is 12.2 Å². The summed E-state index contributed by atoms with van der Waals surface area (Å²) in [6.45, 7) is 3.69. The van der Waals surface area contributed by atoms with Crippen molar-refractivity contribution in [2.75, 3.05) is 11.4 Å². The van der Waals surface area contributed by atoms with Crippen LogP contribution in [0, 0.1) is 5.41 Å². The smallest absolute Gasteiger partial charge is 0.0605 e. The van der Waals surface area contributed by atoms with Gasteiger partial charge in [0.1, 0.15) is 0 Å². The molecule has 1 heterocycles. The van der Waals surface area contributed by atoms with E-state index in [4.69, 9.17) is 5.41 Å². The Labute approximate surface area is 132 Å². The van der Waals surface area contributed by atoms with E-state index in [2.05, 4.69) is 41.1 Å². The Balaban J connectivity index is 2.17. The van der Waals surface area contributed by atoms with Gasteiger partial charge in [-0.25, -0.2) is 0 Å². The molecule has 22 heavy (non-hydrogen) atoms. The molecule has 0 spiro atoms. The van der Waals surface area contributed by atoms with Crippen LogP contribution in [-0.4, -0.2) is 17.7 Å². The van der Waals surface area contributed by atoms with Gasteiger partial charge >= 0.3 is 0 Å². The number of para-hydroxylation sites is 1. The van der Waals surface area contributed by atoms with Crippen molar-refractivity contribution in [1.82, 2.24) is 4.98 Å². The first kappa shape index (κ1) is 15.7. The molecular weight excluding hydrogens is 270 g/mol. The minimum absolute atomic E-state index is 0.768. The Morgan fingerprint density at radius 1 is 1.09 bits per heavy atom. The number of allylic oxidation sites excluding steroid dienone is 3. The van der Waals surface area contributed by atoms with Gasteiger partial charge in [0.15, 0.2) is 0 Å². The van der Waals surface area contributed by atoms with Crippen LogP contribution < -0.4 is 4.90 Å². The Morgan fingerprint density at radius 3 is 2.55 bits per heavy atom. The summed E-state index contributed by atoms with van der Waals surface area (Å²) in [7, 11) is 0. The highest BCUT2D eigenvalue weighted by Gasteiger charge is 2.08. The fourth-order valence-electron chi connectivity index (χ4n) is 2.19. The van der Waals surface area contributed by atoms with Gasteiger partial charge in [-0.15, -0.1) is 0 Å². The van der Waals surface area contributed by atoms with E-state index in [1.165, 1.54) is 17.5 Å². The second-order valence-corrected chi connectivity index (χ2v) is 5.08. The third kappa shape index (κ3) is 5.02. The summed E-state index contributed by atoms with van der Waals surface area (Å²) in [5.41, 5.74) is 3.46. The zero-order chi connectivity index (χ0) is 15.6. The Hall–Kier alpha value is -2.68. The molecule has 0 aliphatic rings. The molecule has 3 heteroatoms. The van der Waals surface area contributed by atoms with Crippen LogP contribution in [0.4, 0.5) is 5.69 Å². The maximum absolute atomic E-state index is 7.01. The molecule has 0 amide bonds. The van der Waals surface area contributed by atoms with Gasteiger partial charge in [0.2, 0.25) is 0 Å². The molecule has 1 aromatic carbocycles. The van der Waals surface area contributed by atoms with Gasteiger partial charge in [-0.1, -0.05) is 42.0 Å². The molecule has 0 fully saturated rings. The van der Waals surface area contributed by atoms with Crippen molar-refractivity contribution < 1.29 is 0 Å². The summed E-state index contributed by atoms with van der Waals surface area (Å²) in [5, 5.41) is 7.01. The summed E-state index contributed by atoms with van der Waals surface area (Å²) in [6, 6.07) is 16.4. The molecule has 0 saturated carbocycles. The molecule has 0 aliphatic heterocycles. The first-order chi connectivity index (χ1) is 10.8. The molecular formula is C19H21N3. The van der Waals surface area contributed by atoms with E-state index in [1.807, 2.05) is 42.6 Å². The monoisotopic (exact) mass is 291 g/mol. The van der Waals surface area contributed by atoms with E-state index in [9.17, 15) is 0 Å². The van der Waals surface area contributed by atoms with Crippen LogP contribution in [0.5, 0.6) is 0 Å². The first-order valence-electron chi connectivity index (χ1n) is 7.32. The van der Waals surface area contributed by atoms with Gasteiger partial charge in [-0.2, -0.15) is 0 Å². The lowest BCUT2D eigenvalue weighted by Gasteiger charge is -2.25. The van der Waals surface area contributed by atoms with Gasteiger partial charge in [-0.05, 0) is 37.3 Å². The Bertz CT molecular complexity index is 630. The summed E-state index contributed by atoms with van der Waals surface area (Å²) >= 11 is 0. The zero-order valence-electron chi connectivity index (χ0n) is 12.8. The van der Waals surface area contributed by atoms with Crippen molar-refractivity contribution in [3.63, 3.8) is 0 Å². The normalized spacial score (nSPS) is 11.6. The summed E-state index contributed by atoms with van der Waals surface area (Å²) < 4.78 is 0. The van der Waals surface area contributed by atoms with Crippen molar-refractivity contribution >= 4 is 11.9 Å². The van der Waals surface area contributed by atoms with Crippen LogP contribution in [-0.2, 0) is 6.54 Å². The molecule has 1 aromatic heterocycles. The number of hydrogen-bond donors (Lipinski definition) is 1. The number of pyridine rings is 1. The van der Waals surface area contributed by atoms with Crippen LogP contribution in [0.15, 0.2) is 78.5 Å². The fraction of sp³-hybridized carbons (Fsp3) is 0.158. The van der Waals surface area contributed by atoms with Crippen LogP contribution in [0.3, 0.4) is 0 Å². The van der Waals surface area contributed by atoms with E-state index in [1.54, 1.807) is 6.08 Å². The molecule has 2 rings (SSSR count). The number of rotatable bonds is 7. The van der Waals surface area contributed by atoms with Gasteiger partial charge in [0.25, 0.3) is 0 Å². The number of benzene rings is 1. The average molecular weight is 291 g/mol. The summed E-state index contributed by atoms with van der Waals surface area (Å²) in [5.74, 6) is 0. The Morgan fingerprint density at radius 2 is 1.86 bits per heavy atom. The standard InChI is InChI=1S/C19H21N3/c1-17(9-5-7-13-20)15-22(19-11-3-2-4-12-19)16-18-10-6-8-14-21-18/h2-14,20H,15-16H2,1H3/b7-5-,17-9+,20-13?. The molecule has 112 valence electrons. The maximum atomic E-state index is 7.01. The minimum atomic E-state index is 0.768. The van der Waals surface area contributed by atoms with E-state index in [-0.39, 0.29) is 0 Å². The van der Waals surface area contributed by atoms with E-state index in [0.717, 1.165) is 18.8 Å². The lowest BCUT2D eigenvalue weighted by molar-refractivity contribution is 0.820. The SMILES string of the molecule is C/C(=C\C=C/C=N)CN(Cc1ccccn1)c1ccccc1. The van der Waals surface area contributed by atoms with Crippen molar-refractivity contribution in [2.24, 2.45) is 0 Å². The van der Waals surface area contributed by atoms with Gasteiger partial charge < -0.3 is 10.3 Å². The third-order valence-corrected chi connectivity index (χ3v) is 3.23. The van der Waals surface area contributed by atoms with E-state index in [0.29, 0.717) is 0 Å². The molecule has 2 aromatic rings. The molecule has 1 N–H and O–H groups in total. The highest BCUT2D eigenvalue weighted by molar-refractivity contribution is 5.68.